The van der Waals surface area contributed by atoms with E-state index in [1.807, 2.05) is 0 Å². The number of phenolic OH excluding ortho intramolecular Hbond substituents is 1. The number of nitroso groups, excluding NO2 is 1. The molecule has 0 unspecified atom stereocenters. The molecule has 1 aromatic carbocycles. The molecule has 0 amide bonds. The van der Waals surface area contributed by atoms with E-state index in [0.717, 1.165) is 12.1 Å². The first-order valence-electron chi connectivity index (χ1n) is 3.25. The maximum Gasteiger partial charge on any atom is 0.335 e. The molecule has 0 aromatic heterocycles. The van der Waals surface area contributed by atoms with Gasteiger partial charge in [0.1, 0.15) is 5.75 Å². The van der Waals surface area contributed by atoms with E-state index in [-0.39, 0.29) is 16.9 Å². The molecule has 0 aliphatic carbocycles. The molecule has 0 aliphatic rings. The summed E-state index contributed by atoms with van der Waals surface area (Å²) < 4.78 is 0. The highest BCUT2D eigenvalue weighted by Gasteiger charge is 2.12. The molecule has 1 rings (SSSR count). The molecule has 0 saturated heterocycles. The minimum Gasteiger partial charge on any atom is -0.505 e. The summed E-state index contributed by atoms with van der Waals surface area (Å²) in [7, 11) is 0. The second kappa shape index (κ2) is 3.10. The summed E-state index contributed by atoms with van der Waals surface area (Å²) in [6, 6.07) is 1.97. The number of anilines is 1. The van der Waals surface area contributed by atoms with Gasteiger partial charge in [-0.3, -0.25) is 0 Å². The molecule has 0 saturated carbocycles. The molecule has 0 radical (unpaired) electrons. The molecular formula is C7H6N2O4. The summed E-state index contributed by atoms with van der Waals surface area (Å²) in [5, 5.41) is 20.1. The maximum atomic E-state index is 10.4. The van der Waals surface area contributed by atoms with Gasteiger partial charge in [0.2, 0.25) is 0 Å². The average Bonchev–Trinajstić information content (AvgIpc) is 2.03. The number of aromatic hydroxyl groups is 1. The third-order valence-corrected chi connectivity index (χ3v) is 1.46. The Hall–Kier alpha value is -2.11. The van der Waals surface area contributed by atoms with Crippen molar-refractivity contribution in [3.63, 3.8) is 0 Å². The van der Waals surface area contributed by atoms with Crippen molar-refractivity contribution in [1.29, 1.82) is 0 Å². The van der Waals surface area contributed by atoms with Crippen molar-refractivity contribution >= 4 is 17.3 Å². The number of hydrogen-bond donors (Lipinski definition) is 3. The van der Waals surface area contributed by atoms with Crippen molar-refractivity contribution in [2.24, 2.45) is 5.18 Å². The van der Waals surface area contributed by atoms with Crippen LogP contribution in [0.5, 0.6) is 5.75 Å². The fraction of sp³-hybridized carbons (Fsp3) is 0. The number of hydrogen-bond acceptors (Lipinski definition) is 5. The smallest absolute Gasteiger partial charge is 0.335 e. The van der Waals surface area contributed by atoms with Gasteiger partial charge in [0.25, 0.3) is 0 Å². The number of carbonyl (C=O) groups is 1. The molecule has 4 N–H and O–H groups in total. The van der Waals surface area contributed by atoms with Crippen LogP contribution in [0.3, 0.4) is 0 Å². The van der Waals surface area contributed by atoms with Crippen LogP contribution in [0.25, 0.3) is 0 Å². The van der Waals surface area contributed by atoms with E-state index in [9.17, 15) is 9.70 Å². The second-order valence-corrected chi connectivity index (χ2v) is 2.33. The number of rotatable bonds is 2. The topological polar surface area (TPSA) is 113 Å². The van der Waals surface area contributed by atoms with Crippen LogP contribution in [0.15, 0.2) is 17.3 Å². The van der Waals surface area contributed by atoms with E-state index in [2.05, 4.69) is 5.18 Å². The Balaban J connectivity index is 3.36. The normalized spacial score (nSPS) is 9.54. The summed E-state index contributed by atoms with van der Waals surface area (Å²) >= 11 is 0. The van der Waals surface area contributed by atoms with Crippen LogP contribution < -0.4 is 5.73 Å². The molecule has 0 aliphatic heterocycles. The predicted molar refractivity (Wildman–Crippen MR) is 44.9 cm³/mol. The fourth-order valence-corrected chi connectivity index (χ4v) is 0.864. The van der Waals surface area contributed by atoms with Gasteiger partial charge in [-0.25, -0.2) is 4.79 Å². The first-order valence-corrected chi connectivity index (χ1v) is 3.25. The molecule has 0 spiro atoms. The molecular weight excluding hydrogens is 176 g/mol. The largest absolute Gasteiger partial charge is 0.505 e. The fourth-order valence-electron chi connectivity index (χ4n) is 0.864. The highest BCUT2D eigenvalue weighted by molar-refractivity contribution is 5.91. The van der Waals surface area contributed by atoms with E-state index in [4.69, 9.17) is 15.9 Å². The Morgan fingerprint density at radius 1 is 1.46 bits per heavy atom. The van der Waals surface area contributed by atoms with Crippen molar-refractivity contribution in [2.45, 2.75) is 0 Å². The molecule has 1 aromatic rings. The van der Waals surface area contributed by atoms with E-state index < -0.39 is 11.7 Å². The number of aromatic carboxylic acids is 1. The van der Waals surface area contributed by atoms with E-state index in [0.29, 0.717) is 0 Å². The van der Waals surface area contributed by atoms with Gasteiger partial charge in [0, 0.05) is 0 Å². The highest BCUT2D eigenvalue weighted by Crippen LogP contribution is 2.33. The van der Waals surface area contributed by atoms with Crippen molar-refractivity contribution < 1.29 is 15.0 Å². The molecule has 0 bridgehead atoms. The Bertz CT molecular complexity index is 352. The zero-order chi connectivity index (χ0) is 10.0. The summed E-state index contributed by atoms with van der Waals surface area (Å²) in [4.78, 5) is 20.5. The number of benzene rings is 1. The average molecular weight is 182 g/mol. The van der Waals surface area contributed by atoms with E-state index in [1.165, 1.54) is 0 Å². The van der Waals surface area contributed by atoms with Gasteiger partial charge in [-0.1, -0.05) is 0 Å². The SMILES string of the molecule is Nc1cc(C(=O)O)cc(O)c1N=O. The quantitative estimate of drug-likeness (QED) is 0.467. The van der Waals surface area contributed by atoms with Crippen LogP contribution in [-0.2, 0) is 0 Å². The number of carboxylic acids is 1. The van der Waals surface area contributed by atoms with Crippen LogP contribution in [0.4, 0.5) is 11.4 Å². The molecule has 6 nitrogen and oxygen atoms in total. The Morgan fingerprint density at radius 2 is 2.08 bits per heavy atom. The summed E-state index contributed by atoms with van der Waals surface area (Å²) in [5.74, 6) is -1.77. The van der Waals surface area contributed by atoms with Crippen LogP contribution in [-0.4, -0.2) is 16.2 Å². The van der Waals surface area contributed by atoms with E-state index >= 15 is 0 Å². The minimum atomic E-state index is -1.24. The van der Waals surface area contributed by atoms with Gasteiger partial charge < -0.3 is 15.9 Å². The Labute approximate surface area is 72.6 Å². The number of nitrogen functional groups attached to an aromatic ring is 1. The third-order valence-electron chi connectivity index (χ3n) is 1.46. The summed E-state index contributed by atoms with van der Waals surface area (Å²) in [5.41, 5.74) is 4.56. The molecule has 68 valence electrons. The summed E-state index contributed by atoms with van der Waals surface area (Å²) in [6.07, 6.45) is 0. The number of nitrogens with zero attached hydrogens (tertiary/aromatic N) is 1. The first-order chi connectivity index (χ1) is 6.06. The van der Waals surface area contributed by atoms with Gasteiger partial charge in [-0.05, 0) is 17.3 Å². The van der Waals surface area contributed by atoms with Crippen LogP contribution >= 0.6 is 0 Å². The lowest BCUT2D eigenvalue weighted by molar-refractivity contribution is 0.0696. The van der Waals surface area contributed by atoms with Crippen LogP contribution in [0, 0.1) is 4.91 Å². The van der Waals surface area contributed by atoms with Crippen molar-refractivity contribution in [1.82, 2.24) is 0 Å². The molecule has 0 atom stereocenters. The third kappa shape index (κ3) is 1.56. The zero-order valence-electron chi connectivity index (χ0n) is 6.39. The van der Waals surface area contributed by atoms with Gasteiger partial charge in [0.15, 0.2) is 5.69 Å². The lowest BCUT2D eigenvalue weighted by Gasteiger charge is -2.01. The van der Waals surface area contributed by atoms with Crippen molar-refractivity contribution in [2.75, 3.05) is 5.73 Å². The minimum absolute atomic E-state index is 0.160. The second-order valence-electron chi connectivity index (χ2n) is 2.33. The Kier molecular flexibility index (Phi) is 2.14. The first kappa shape index (κ1) is 8.98. The van der Waals surface area contributed by atoms with Crippen molar-refractivity contribution in [3.05, 3.63) is 22.6 Å². The van der Waals surface area contributed by atoms with Gasteiger partial charge in [0.05, 0.1) is 11.3 Å². The lowest BCUT2D eigenvalue weighted by atomic mass is 10.1. The van der Waals surface area contributed by atoms with E-state index in [1.54, 1.807) is 0 Å². The van der Waals surface area contributed by atoms with Gasteiger partial charge >= 0.3 is 5.97 Å². The number of nitrogens with two attached hydrogens (primary N) is 1. The molecule has 6 heteroatoms. The highest BCUT2D eigenvalue weighted by atomic mass is 16.4. The Morgan fingerprint density at radius 3 is 2.46 bits per heavy atom. The van der Waals surface area contributed by atoms with Crippen molar-refractivity contribution in [3.8, 4) is 5.75 Å². The standard InChI is InChI=1S/C7H6N2O4/c8-4-1-3(7(11)12)2-5(10)6(4)9-13/h1-2,10H,8H2,(H,11,12). The molecule has 0 heterocycles. The zero-order valence-corrected chi connectivity index (χ0v) is 6.39. The molecule has 13 heavy (non-hydrogen) atoms. The maximum absolute atomic E-state index is 10.4. The van der Waals surface area contributed by atoms with Gasteiger partial charge in [-0.2, -0.15) is 0 Å². The lowest BCUT2D eigenvalue weighted by Crippen LogP contribution is -1.97. The predicted octanol–water partition coefficient (Wildman–Crippen LogP) is 1.07. The monoisotopic (exact) mass is 182 g/mol. The number of phenols is 1. The molecule has 0 fully saturated rings. The van der Waals surface area contributed by atoms with Crippen LogP contribution in [0.2, 0.25) is 0 Å². The summed E-state index contributed by atoms with van der Waals surface area (Å²) in [6.45, 7) is 0. The van der Waals surface area contributed by atoms with Crippen LogP contribution in [0.1, 0.15) is 10.4 Å². The van der Waals surface area contributed by atoms with Gasteiger partial charge in [-0.15, -0.1) is 4.91 Å². The number of carboxylic acid groups (broad SMARTS) is 1.